The molecule has 1 fully saturated rings. The summed E-state index contributed by atoms with van der Waals surface area (Å²) in [7, 11) is 5.30. The van der Waals surface area contributed by atoms with Gasteiger partial charge in [0.15, 0.2) is 0 Å². The molecule has 1 N–H and O–H groups in total. The fourth-order valence-electron chi connectivity index (χ4n) is 7.08. The van der Waals surface area contributed by atoms with Crippen molar-refractivity contribution in [2.45, 2.75) is 25.9 Å². The molecule has 7 rings (SSSR count). The van der Waals surface area contributed by atoms with Crippen molar-refractivity contribution in [2.75, 3.05) is 44.9 Å². The number of carbonyl (C=O) groups excluding carboxylic acids is 2. The van der Waals surface area contributed by atoms with Crippen LogP contribution in [0.25, 0.3) is 11.3 Å². The summed E-state index contributed by atoms with van der Waals surface area (Å²) in [5.74, 6) is 0.338. The van der Waals surface area contributed by atoms with Crippen LogP contribution in [-0.4, -0.2) is 87.1 Å². The number of hydrogen-bond donors (Lipinski definition) is 1. The number of morpholine rings is 1. The van der Waals surface area contributed by atoms with E-state index in [1.54, 1.807) is 60.4 Å². The Balaban J connectivity index is 0.00000448. The number of aromatic nitrogens is 3. The summed E-state index contributed by atoms with van der Waals surface area (Å²) < 4.78 is 14.8. The smallest absolute Gasteiger partial charge is 0.264 e. The van der Waals surface area contributed by atoms with Gasteiger partial charge in [-0.15, -0.1) is 12.4 Å². The number of hydrogen-bond acceptors (Lipinski definition) is 7. The van der Waals surface area contributed by atoms with Crippen LogP contribution in [0.5, 0.6) is 11.5 Å². The van der Waals surface area contributed by atoms with E-state index in [1.165, 1.54) is 5.56 Å². The van der Waals surface area contributed by atoms with Gasteiger partial charge in [-0.1, -0.05) is 24.3 Å². The summed E-state index contributed by atoms with van der Waals surface area (Å²) in [6, 6.07) is 22.3. The first-order valence-corrected chi connectivity index (χ1v) is 16.9. The van der Waals surface area contributed by atoms with Crippen LogP contribution < -0.4 is 9.64 Å². The molecule has 0 spiro atoms. The van der Waals surface area contributed by atoms with Crippen molar-refractivity contribution in [3.63, 3.8) is 0 Å². The molecule has 0 bridgehead atoms. The van der Waals surface area contributed by atoms with Gasteiger partial charge in [-0.2, -0.15) is 5.10 Å². The van der Waals surface area contributed by atoms with Gasteiger partial charge in [0, 0.05) is 75.2 Å². The molecule has 1 atom stereocenters. The lowest BCUT2D eigenvalue weighted by molar-refractivity contribution is 0.0193. The Morgan fingerprint density at radius 2 is 1.69 bits per heavy atom. The molecule has 12 heteroatoms. The lowest BCUT2D eigenvalue weighted by Crippen LogP contribution is -2.52. The number of nitrogens with zero attached hydrogens (tertiary/aromatic N) is 6. The third-order valence-corrected chi connectivity index (χ3v) is 9.95. The molecular formula is C39H43ClN6O5. The first-order valence-electron chi connectivity index (χ1n) is 16.9. The van der Waals surface area contributed by atoms with E-state index < -0.39 is 0 Å². The van der Waals surface area contributed by atoms with E-state index in [2.05, 4.69) is 28.2 Å². The van der Waals surface area contributed by atoms with Crippen molar-refractivity contribution in [1.29, 1.82) is 0 Å². The number of phenols is 1. The molecule has 0 radical (unpaired) electrons. The summed E-state index contributed by atoms with van der Waals surface area (Å²) in [4.78, 5) is 35.3. The molecule has 51 heavy (non-hydrogen) atoms. The number of halogens is 1. The van der Waals surface area contributed by atoms with Gasteiger partial charge in [0.1, 0.15) is 11.5 Å². The number of carbonyl (C=O) groups is 2. The van der Waals surface area contributed by atoms with Gasteiger partial charge in [-0.25, -0.2) is 0 Å². The van der Waals surface area contributed by atoms with Crippen molar-refractivity contribution in [2.24, 2.45) is 14.1 Å². The molecule has 4 heterocycles. The van der Waals surface area contributed by atoms with Crippen molar-refractivity contribution in [1.82, 2.24) is 24.1 Å². The minimum atomic E-state index is -0.261. The second kappa shape index (κ2) is 15.0. The fourth-order valence-corrected chi connectivity index (χ4v) is 7.08. The van der Waals surface area contributed by atoms with Gasteiger partial charge in [0.25, 0.3) is 11.8 Å². The highest BCUT2D eigenvalue weighted by molar-refractivity contribution is 6.12. The number of rotatable bonds is 8. The van der Waals surface area contributed by atoms with E-state index in [1.807, 2.05) is 53.8 Å². The molecule has 2 aliphatic heterocycles. The molecule has 0 aliphatic carbocycles. The van der Waals surface area contributed by atoms with Crippen LogP contribution in [0.2, 0.25) is 0 Å². The van der Waals surface area contributed by atoms with Gasteiger partial charge in [-0.3, -0.25) is 24.1 Å². The maximum Gasteiger partial charge on any atom is 0.264 e. The van der Waals surface area contributed by atoms with Gasteiger partial charge in [-0.05, 0) is 73.0 Å². The molecule has 266 valence electrons. The lowest BCUT2D eigenvalue weighted by Gasteiger charge is -2.40. The average Bonchev–Trinajstić information content (AvgIpc) is 3.70. The third-order valence-electron chi connectivity index (χ3n) is 9.95. The van der Waals surface area contributed by atoms with E-state index in [0.717, 1.165) is 43.0 Å². The minimum absolute atomic E-state index is 0. The second-order valence-electron chi connectivity index (χ2n) is 13.0. The van der Waals surface area contributed by atoms with Crippen molar-refractivity contribution in [3.05, 3.63) is 113 Å². The summed E-state index contributed by atoms with van der Waals surface area (Å²) in [5.41, 5.74) is 6.77. The zero-order valence-electron chi connectivity index (χ0n) is 29.3. The van der Waals surface area contributed by atoms with Crippen LogP contribution in [0.1, 0.15) is 37.5 Å². The Labute approximate surface area is 304 Å². The first-order chi connectivity index (χ1) is 24.2. The minimum Gasteiger partial charge on any atom is -0.508 e. The maximum atomic E-state index is 14.9. The Bertz CT molecular complexity index is 2030. The molecule has 11 nitrogen and oxygen atoms in total. The summed E-state index contributed by atoms with van der Waals surface area (Å²) in [6.07, 6.45) is 4.17. The Hall–Kier alpha value is -5.10. The molecule has 0 unspecified atom stereocenters. The van der Waals surface area contributed by atoms with Crippen molar-refractivity contribution in [3.8, 4) is 22.8 Å². The maximum absolute atomic E-state index is 14.9. The number of benzene rings is 3. The predicted molar refractivity (Wildman–Crippen MR) is 198 cm³/mol. The molecule has 5 aromatic rings. The monoisotopic (exact) mass is 710 g/mol. The van der Waals surface area contributed by atoms with Gasteiger partial charge < -0.3 is 24.0 Å². The van der Waals surface area contributed by atoms with Crippen LogP contribution in [-0.2, 0) is 31.8 Å². The fraction of sp³-hybridized carbons (Fsp3) is 0.308. The van der Waals surface area contributed by atoms with Gasteiger partial charge in [0.2, 0.25) is 0 Å². The molecule has 1 saturated heterocycles. The summed E-state index contributed by atoms with van der Waals surface area (Å²) >= 11 is 0. The number of ether oxygens (including phenoxy) is 2. The molecule has 0 saturated carbocycles. The predicted octanol–water partition coefficient (Wildman–Crippen LogP) is 5.75. The third kappa shape index (κ3) is 7.10. The Kier molecular flexibility index (Phi) is 10.5. The topological polar surface area (TPSA) is 105 Å². The van der Waals surface area contributed by atoms with Crippen LogP contribution >= 0.6 is 12.4 Å². The molecule has 2 aliphatic rings. The van der Waals surface area contributed by atoms with E-state index in [9.17, 15) is 14.7 Å². The molecular weight excluding hydrogens is 668 g/mol. The number of amides is 2. The van der Waals surface area contributed by atoms with E-state index in [4.69, 9.17) is 9.47 Å². The quantitative estimate of drug-likeness (QED) is 0.219. The van der Waals surface area contributed by atoms with Crippen LogP contribution in [0, 0.1) is 6.92 Å². The second-order valence-corrected chi connectivity index (χ2v) is 13.0. The highest BCUT2D eigenvalue weighted by Crippen LogP contribution is 2.36. The number of aryl methyl sites for hydroxylation is 1. The van der Waals surface area contributed by atoms with E-state index in [0.29, 0.717) is 53.6 Å². The number of aromatic hydroxyl groups is 1. The Morgan fingerprint density at radius 3 is 2.37 bits per heavy atom. The van der Waals surface area contributed by atoms with Crippen molar-refractivity contribution < 1.29 is 24.2 Å². The zero-order valence-corrected chi connectivity index (χ0v) is 30.1. The highest BCUT2D eigenvalue weighted by Gasteiger charge is 2.34. The zero-order chi connectivity index (χ0) is 34.9. The van der Waals surface area contributed by atoms with E-state index in [-0.39, 0.29) is 36.0 Å². The van der Waals surface area contributed by atoms with Crippen LogP contribution in [0.3, 0.4) is 0 Å². The molecule has 3 aromatic carbocycles. The van der Waals surface area contributed by atoms with Gasteiger partial charge >= 0.3 is 0 Å². The average molecular weight is 711 g/mol. The van der Waals surface area contributed by atoms with Gasteiger partial charge in [0.05, 0.1) is 43.3 Å². The van der Waals surface area contributed by atoms with Crippen LogP contribution in [0.4, 0.5) is 11.4 Å². The highest BCUT2D eigenvalue weighted by atomic mass is 35.5. The van der Waals surface area contributed by atoms with E-state index >= 15 is 0 Å². The van der Waals surface area contributed by atoms with Crippen molar-refractivity contribution >= 4 is 35.6 Å². The molecule has 2 aromatic heterocycles. The Morgan fingerprint density at radius 1 is 0.961 bits per heavy atom. The SMILES string of the molecule is COc1ccc(-c2cc(C(=O)N(c3ccc(O)cc3)c3cnn(C)c3)c(C)n2C)c(C(=O)N2Cc3ccccc3C[C@H]2CN2CCOCC2)c1.Cl. The number of anilines is 2. The van der Waals surface area contributed by atoms with Crippen LogP contribution in [0.15, 0.2) is 85.2 Å². The molecule has 2 amide bonds. The number of fused-ring (bicyclic) bond motifs is 1. The number of methoxy groups -OCH3 is 1. The standard InChI is InChI=1S/C39H42N6O5.ClH/c1-26-35(39(48)45(31-22-40-41(2)24-31)29-9-11-32(46)12-10-29)21-37(42(26)3)34-14-13-33(49-4)20-36(34)38(47)44-23-28-8-6-5-7-27(28)19-30(44)25-43-15-17-50-18-16-43;/h5-14,20-22,24,30,46H,15-19,23,25H2,1-4H3;1H/t30-;/m0./s1. The number of phenolic OH excluding ortho intramolecular Hbond substituents is 1. The lowest BCUT2D eigenvalue weighted by atomic mass is 9.92. The normalized spacial score (nSPS) is 15.9. The largest absolute Gasteiger partial charge is 0.508 e. The summed E-state index contributed by atoms with van der Waals surface area (Å²) in [5, 5.41) is 14.3. The summed E-state index contributed by atoms with van der Waals surface area (Å²) in [6.45, 7) is 6.22. The first kappa shape index (κ1) is 35.7.